The van der Waals surface area contributed by atoms with E-state index in [-0.39, 0.29) is 0 Å². The maximum absolute atomic E-state index is 5.99. The second-order valence-corrected chi connectivity index (χ2v) is 5.38. The maximum Gasteiger partial charge on any atom is 0.130 e. The zero-order valence-corrected chi connectivity index (χ0v) is 12.3. The topological polar surface area (TPSA) is 39.1 Å². The van der Waals surface area contributed by atoms with Crippen LogP contribution in [0.3, 0.4) is 0 Å². The monoisotopic (exact) mass is 271 g/mol. The normalized spacial score (nSPS) is 17.6. The Labute approximate surface area is 119 Å². The number of fused-ring (bicyclic) bond motifs is 1. The number of aryl methyl sites for hydroxylation is 1. The number of ether oxygens (including phenoxy) is 1. The van der Waals surface area contributed by atoms with E-state index in [9.17, 15) is 0 Å². The molecule has 0 saturated heterocycles. The van der Waals surface area contributed by atoms with E-state index in [1.807, 2.05) is 25.0 Å². The van der Waals surface area contributed by atoms with Crippen LogP contribution in [0.2, 0.25) is 0 Å². The Hall–Kier alpha value is -1.81. The van der Waals surface area contributed by atoms with Crippen LogP contribution in [-0.4, -0.2) is 30.0 Å². The van der Waals surface area contributed by atoms with E-state index in [0.717, 1.165) is 42.1 Å². The number of para-hydroxylation sites is 1. The molecule has 0 spiro atoms. The van der Waals surface area contributed by atoms with Crippen LogP contribution in [0, 0.1) is 6.92 Å². The van der Waals surface area contributed by atoms with Gasteiger partial charge in [0, 0.05) is 36.3 Å². The van der Waals surface area contributed by atoms with Crippen LogP contribution in [0.25, 0.3) is 11.1 Å². The predicted molar refractivity (Wildman–Crippen MR) is 80.2 cm³/mol. The molecule has 1 aromatic carbocycles. The average molecular weight is 271 g/mol. The van der Waals surface area contributed by atoms with E-state index in [4.69, 9.17) is 4.74 Å². The number of rotatable bonds is 3. The molecule has 2 aromatic rings. The summed E-state index contributed by atoms with van der Waals surface area (Å²) in [6.45, 7) is 3.87. The third kappa shape index (κ3) is 2.10. The first-order valence-electron chi connectivity index (χ1n) is 7.11. The van der Waals surface area contributed by atoms with Gasteiger partial charge in [-0.3, -0.25) is 4.68 Å². The Morgan fingerprint density at radius 3 is 2.95 bits per heavy atom. The van der Waals surface area contributed by atoms with Crippen molar-refractivity contribution in [2.45, 2.75) is 19.3 Å². The van der Waals surface area contributed by atoms with Gasteiger partial charge in [-0.1, -0.05) is 18.2 Å². The lowest BCUT2D eigenvalue weighted by atomic mass is 9.89. The molecule has 0 saturated carbocycles. The van der Waals surface area contributed by atoms with Crippen LogP contribution in [-0.2, 0) is 7.05 Å². The molecule has 0 bridgehead atoms. The fourth-order valence-corrected chi connectivity index (χ4v) is 2.93. The molecule has 1 aromatic heterocycles. The van der Waals surface area contributed by atoms with Crippen molar-refractivity contribution in [3.8, 4) is 16.9 Å². The number of likely N-dealkylation sites (N-methyl/N-ethyl adjacent to an activating group) is 1. The Kier molecular flexibility index (Phi) is 3.49. The quantitative estimate of drug-likeness (QED) is 0.932. The van der Waals surface area contributed by atoms with Gasteiger partial charge in [0.25, 0.3) is 0 Å². The zero-order chi connectivity index (χ0) is 14.1. The highest BCUT2D eigenvalue weighted by Gasteiger charge is 2.24. The molecule has 2 heterocycles. The summed E-state index contributed by atoms with van der Waals surface area (Å²) in [5.74, 6) is 1.57. The van der Waals surface area contributed by atoms with Gasteiger partial charge in [-0.15, -0.1) is 0 Å². The molecular weight excluding hydrogens is 250 g/mol. The van der Waals surface area contributed by atoms with E-state index in [0.29, 0.717) is 5.92 Å². The molecule has 20 heavy (non-hydrogen) atoms. The number of nitrogens with one attached hydrogen (secondary N) is 1. The van der Waals surface area contributed by atoms with E-state index < -0.39 is 0 Å². The minimum Gasteiger partial charge on any atom is -0.493 e. The molecule has 4 heteroatoms. The van der Waals surface area contributed by atoms with Gasteiger partial charge in [0.2, 0.25) is 0 Å². The number of hydrogen-bond acceptors (Lipinski definition) is 3. The second-order valence-electron chi connectivity index (χ2n) is 5.38. The summed E-state index contributed by atoms with van der Waals surface area (Å²) >= 11 is 0. The van der Waals surface area contributed by atoms with Crippen molar-refractivity contribution >= 4 is 0 Å². The van der Waals surface area contributed by atoms with Gasteiger partial charge in [0.15, 0.2) is 0 Å². The van der Waals surface area contributed by atoms with Crippen molar-refractivity contribution < 1.29 is 4.74 Å². The van der Waals surface area contributed by atoms with Crippen LogP contribution >= 0.6 is 0 Å². The average Bonchev–Trinajstić information content (AvgIpc) is 2.79. The largest absolute Gasteiger partial charge is 0.493 e. The van der Waals surface area contributed by atoms with Crippen LogP contribution in [0.4, 0.5) is 0 Å². The molecule has 1 aliphatic heterocycles. The van der Waals surface area contributed by atoms with E-state index in [1.54, 1.807) is 0 Å². The first-order chi connectivity index (χ1) is 9.72. The summed E-state index contributed by atoms with van der Waals surface area (Å²) in [5, 5.41) is 7.63. The highest BCUT2D eigenvalue weighted by Crippen LogP contribution is 2.41. The maximum atomic E-state index is 5.99. The first kappa shape index (κ1) is 13.2. The van der Waals surface area contributed by atoms with Gasteiger partial charge in [-0.25, -0.2) is 0 Å². The molecule has 3 rings (SSSR count). The van der Waals surface area contributed by atoms with Crippen LogP contribution in [0.1, 0.15) is 23.6 Å². The van der Waals surface area contributed by atoms with E-state index >= 15 is 0 Å². The molecule has 0 aliphatic carbocycles. The zero-order valence-electron chi connectivity index (χ0n) is 12.3. The van der Waals surface area contributed by atoms with Crippen molar-refractivity contribution in [3.05, 3.63) is 35.7 Å². The van der Waals surface area contributed by atoms with Crippen molar-refractivity contribution in [3.63, 3.8) is 0 Å². The summed E-state index contributed by atoms with van der Waals surface area (Å²) in [7, 11) is 3.98. The van der Waals surface area contributed by atoms with Crippen molar-refractivity contribution in [2.75, 3.05) is 20.2 Å². The molecule has 0 amide bonds. The summed E-state index contributed by atoms with van der Waals surface area (Å²) < 4.78 is 7.89. The minimum absolute atomic E-state index is 0.528. The molecular formula is C16H21N3O. The standard InChI is InChI=1S/C16H21N3O/c1-11-15(10-18-19(11)3)14-6-4-5-13-12(9-17-2)7-8-20-16(13)14/h4-6,10,12,17H,7-9H2,1-3H3/t12-/m0/s1. The fourth-order valence-electron chi connectivity index (χ4n) is 2.93. The first-order valence-corrected chi connectivity index (χ1v) is 7.11. The Morgan fingerprint density at radius 1 is 1.40 bits per heavy atom. The van der Waals surface area contributed by atoms with E-state index in [1.165, 1.54) is 5.56 Å². The van der Waals surface area contributed by atoms with Gasteiger partial charge in [0.1, 0.15) is 5.75 Å². The Bertz CT molecular complexity index is 618. The molecule has 4 nitrogen and oxygen atoms in total. The number of benzene rings is 1. The SMILES string of the molecule is CNC[C@@H]1CCOc2c(-c3cnn(C)c3C)cccc21. The molecule has 0 radical (unpaired) electrons. The van der Waals surface area contributed by atoms with E-state index in [2.05, 4.69) is 35.5 Å². The van der Waals surface area contributed by atoms with Gasteiger partial charge >= 0.3 is 0 Å². The highest BCUT2D eigenvalue weighted by atomic mass is 16.5. The summed E-state index contributed by atoms with van der Waals surface area (Å²) in [5.41, 5.74) is 4.80. The molecule has 1 N–H and O–H groups in total. The van der Waals surface area contributed by atoms with Gasteiger partial charge in [0.05, 0.1) is 12.8 Å². The lowest BCUT2D eigenvalue weighted by molar-refractivity contribution is 0.267. The van der Waals surface area contributed by atoms with Gasteiger partial charge in [-0.2, -0.15) is 5.10 Å². The second kappa shape index (κ2) is 5.29. The van der Waals surface area contributed by atoms with Crippen molar-refractivity contribution in [1.82, 2.24) is 15.1 Å². The molecule has 106 valence electrons. The number of hydrogen-bond donors (Lipinski definition) is 1. The predicted octanol–water partition coefficient (Wildman–Crippen LogP) is 2.48. The molecule has 0 fully saturated rings. The van der Waals surface area contributed by atoms with Gasteiger partial charge < -0.3 is 10.1 Å². The number of aromatic nitrogens is 2. The lowest BCUT2D eigenvalue weighted by Crippen LogP contribution is -2.23. The van der Waals surface area contributed by atoms with Crippen LogP contribution < -0.4 is 10.1 Å². The third-order valence-corrected chi connectivity index (χ3v) is 4.17. The van der Waals surface area contributed by atoms with Crippen molar-refractivity contribution in [1.29, 1.82) is 0 Å². The molecule has 0 unspecified atom stereocenters. The number of nitrogens with zero attached hydrogens (tertiary/aromatic N) is 2. The minimum atomic E-state index is 0.528. The Morgan fingerprint density at radius 2 is 2.25 bits per heavy atom. The van der Waals surface area contributed by atoms with Crippen LogP contribution in [0.15, 0.2) is 24.4 Å². The lowest BCUT2D eigenvalue weighted by Gasteiger charge is -2.27. The summed E-state index contributed by atoms with van der Waals surface area (Å²) in [6, 6.07) is 6.44. The summed E-state index contributed by atoms with van der Waals surface area (Å²) in [6.07, 6.45) is 3.00. The van der Waals surface area contributed by atoms with Crippen LogP contribution in [0.5, 0.6) is 5.75 Å². The fraction of sp³-hybridized carbons (Fsp3) is 0.438. The van der Waals surface area contributed by atoms with Crippen molar-refractivity contribution in [2.24, 2.45) is 7.05 Å². The highest BCUT2D eigenvalue weighted by molar-refractivity contribution is 5.74. The molecule has 1 aliphatic rings. The Balaban J connectivity index is 2.10. The van der Waals surface area contributed by atoms with Gasteiger partial charge in [-0.05, 0) is 26.0 Å². The smallest absolute Gasteiger partial charge is 0.130 e. The summed E-state index contributed by atoms with van der Waals surface area (Å²) in [4.78, 5) is 0. The third-order valence-electron chi connectivity index (χ3n) is 4.17. The molecule has 1 atom stereocenters.